The Balaban J connectivity index is 2.00. The predicted octanol–water partition coefficient (Wildman–Crippen LogP) is 2.58. The minimum Gasteiger partial charge on any atom is -0.481 e. The first-order valence-electron chi connectivity index (χ1n) is 6.86. The van der Waals surface area contributed by atoms with Gasteiger partial charge in [0, 0.05) is 17.4 Å². The van der Waals surface area contributed by atoms with E-state index in [4.69, 9.17) is 10.5 Å². The van der Waals surface area contributed by atoms with Crippen LogP contribution in [0.5, 0.6) is 5.88 Å². The lowest BCUT2D eigenvalue weighted by Crippen LogP contribution is -2.22. The molecule has 0 unspecified atom stereocenters. The van der Waals surface area contributed by atoms with Gasteiger partial charge in [-0.1, -0.05) is 25.1 Å². The number of hydrogen-bond donors (Lipinski definition) is 2. The Bertz CT molecular complexity index is 608. The first kappa shape index (κ1) is 14.8. The lowest BCUT2D eigenvalue weighted by molar-refractivity contribution is 0.392. The molecule has 0 fully saturated rings. The van der Waals surface area contributed by atoms with E-state index in [1.54, 1.807) is 13.3 Å². The van der Waals surface area contributed by atoms with Crippen LogP contribution >= 0.6 is 0 Å². The van der Waals surface area contributed by atoms with Crippen LogP contribution in [0.3, 0.4) is 0 Å². The number of guanidine groups is 1. The Morgan fingerprint density at radius 3 is 2.71 bits per heavy atom. The van der Waals surface area contributed by atoms with Gasteiger partial charge in [0.05, 0.1) is 13.7 Å². The minimum absolute atomic E-state index is 0.366. The van der Waals surface area contributed by atoms with Crippen LogP contribution in [0.2, 0.25) is 0 Å². The van der Waals surface area contributed by atoms with Gasteiger partial charge in [-0.2, -0.15) is 0 Å². The summed E-state index contributed by atoms with van der Waals surface area (Å²) in [7, 11) is 1.59. The summed E-state index contributed by atoms with van der Waals surface area (Å²) in [6.45, 7) is 2.54. The van der Waals surface area contributed by atoms with Gasteiger partial charge in [0.2, 0.25) is 5.88 Å². The molecule has 0 atom stereocenters. The van der Waals surface area contributed by atoms with Gasteiger partial charge in [-0.15, -0.1) is 0 Å². The van der Waals surface area contributed by atoms with Crippen molar-refractivity contribution >= 4 is 11.6 Å². The molecule has 21 heavy (non-hydrogen) atoms. The van der Waals surface area contributed by atoms with Crippen LogP contribution < -0.4 is 15.8 Å². The number of nitrogens with one attached hydrogen (secondary N) is 1. The van der Waals surface area contributed by atoms with Crippen molar-refractivity contribution in [3.8, 4) is 5.88 Å². The molecule has 5 nitrogen and oxygen atoms in total. The van der Waals surface area contributed by atoms with Crippen LogP contribution in [-0.2, 0) is 13.0 Å². The quantitative estimate of drug-likeness (QED) is 0.654. The van der Waals surface area contributed by atoms with Crippen LogP contribution in [0, 0.1) is 0 Å². The number of aromatic nitrogens is 1. The summed E-state index contributed by atoms with van der Waals surface area (Å²) in [6, 6.07) is 11.9. The van der Waals surface area contributed by atoms with Crippen molar-refractivity contribution in [2.24, 2.45) is 10.7 Å². The molecule has 3 N–H and O–H groups in total. The van der Waals surface area contributed by atoms with E-state index in [0.29, 0.717) is 18.4 Å². The summed E-state index contributed by atoms with van der Waals surface area (Å²) in [5, 5.41) is 3.07. The maximum absolute atomic E-state index is 5.89. The van der Waals surface area contributed by atoms with Gasteiger partial charge < -0.3 is 15.8 Å². The van der Waals surface area contributed by atoms with E-state index in [-0.39, 0.29) is 0 Å². The van der Waals surface area contributed by atoms with Gasteiger partial charge in [-0.05, 0) is 30.2 Å². The van der Waals surface area contributed by atoms with Crippen LogP contribution in [0.1, 0.15) is 18.1 Å². The molecule has 0 saturated heterocycles. The third-order valence-corrected chi connectivity index (χ3v) is 3.10. The highest BCUT2D eigenvalue weighted by molar-refractivity contribution is 5.92. The Morgan fingerprint density at radius 1 is 1.29 bits per heavy atom. The first-order valence-corrected chi connectivity index (χ1v) is 6.86. The maximum Gasteiger partial charge on any atom is 0.218 e. The normalized spacial score (nSPS) is 11.2. The largest absolute Gasteiger partial charge is 0.481 e. The maximum atomic E-state index is 5.89. The number of benzene rings is 1. The van der Waals surface area contributed by atoms with Crippen molar-refractivity contribution in [1.82, 2.24) is 4.98 Å². The van der Waals surface area contributed by atoms with E-state index in [1.807, 2.05) is 24.3 Å². The Hall–Kier alpha value is -2.56. The van der Waals surface area contributed by atoms with E-state index >= 15 is 0 Å². The van der Waals surface area contributed by atoms with Crippen LogP contribution in [0.4, 0.5) is 5.69 Å². The number of nitrogens with two attached hydrogens (primary N) is 1. The van der Waals surface area contributed by atoms with Gasteiger partial charge in [-0.3, -0.25) is 0 Å². The molecular formula is C16H20N4O. The molecule has 0 aliphatic heterocycles. The standard InChI is InChI=1S/C16H20N4O/c1-3-12-6-8-14(9-7-12)20-16(17)19-11-13-5-4-10-18-15(13)21-2/h4-10H,3,11H2,1-2H3,(H3,17,19,20). The Labute approximate surface area is 124 Å². The number of methoxy groups -OCH3 is 1. The third kappa shape index (κ3) is 4.21. The molecule has 0 amide bonds. The summed E-state index contributed by atoms with van der Waals surface area (Å²) >= 11 is 0. The highest BCUT2D eigenvalue weighted by Crippen LogP contribution is 2.14. The molecule has 110 valence electrons. The monoisotopic (exact) mass is 284 g/mol. The average Bonchev–Trinajstić information content (AvgIpc) is 2.54. The molecule has 2 aromatic rings. The average molecular weight is 284 g/mol. The molecule has 0 aliphatic rings. The molecule has 1 aromatic carbocycles. The van der Waals surface area contributed by atoms with Crippen molar-refractivity contribution in [2.45, 2.75) is 19.9 Å². The summed E-state index contributed by atoms with van der Waals surface area (Å²) in [5.74, 6) is 0.937. The van der Waals surface area contributed by atoms with Gasteiger partial charge >= 0.3 is 0 Å². The number of hydrogen-bond acceptors (Lipinski definition) is 3. The van der Waals surface area contributed by atoms with Gasteiger partial charge in [0.25, 0.3) is 0 Å². The minimum atomic E-state index is 0.366. The van der Waals surface area contributed by atoms with E-state index in [0.717, 1.165) is 17.7 Å². The Morgan fingerprint density at radius 2 is 2.05 bits per heavy atom. The number of ether oxygens (including phenoxy) is 1. The van der Waals surface area contributed by atoms with Crippen LogP contribution in [0.15, 0.2) is 47.6 Å². The number of aryl methyl sites for hydroxylation is 1. The van der Waals surface area contributed by atoms with Gasteiger partial charge in [0.1, 0.15) is 0 Å². The van der Waals surface area contributed by atoms with Crippen molar-refractivity contribution in [3.63, 3.8) is 0 Å². The van der Waals surface area contributed by atoms with E-state index in [9.17, 15) is 0 Å². The summed E-state index contributed by atoms with van der Waals surface area (Å²) in [5.41, 5.74) is 9.00. The summed E-state index contributed by atoms with van der Waals surface area (Å²) < 4.78 is 5.18. The number of nitrogens with zero attached hydrogens (tertiary/aromatic N) is 2. The van der Waals surface area contributed by atoms with E-state index < -0.39 is 0 Å². The highest BCUT2D eigenvalue weighted by Gasteiger charge is 2.02. The fraction of sp³-hybridized carbons (Fsp3) is 0.250. The zero-order valence-electron chi connectivity index (χ0n) is 12.3. The fourth-order valence-corrected chi connectivity index (χ4v) is 1.91. The van der Waals surface area contributed by atoms with Crippen LogP contribution in [0.25, 0.3) is 0 Å². The SMILES string of the molecule is CCc1ccc(NC(N)=NCc2cccnc2OC)cc1. The number of aliphatic imine (C=N–C) groups is 1. The van der Waals surface area contributed by atoms with Crippen molar-refractivity contribution in [1.29, 1.82) is 0 Å². The zero-order valence-corrected chi connectivity index (χ0v) is 12.3. The lowest BCUT2D eigenvalue weighted by Gasteiger charge is -2.07. The molecule has 0 spiro atoms. The smallest absolute Gasteiger partial charge is 0.218 e. The second kappa shape index (κ2) is 7.28. The second-order valence-electron chi connectivity index (χ2n) is 4.55. The molecule has 1 heterocycles. The topological polar surface area (TPSA) is 72.5 Å². The zero-order chi connectivity index (χ0) is 15.1. The molecular weight excluding hydrogens is 264 g/mol. The van der Waals surface area contributed by atoms with Crippen molar-refractivity contribution in [3.05, 3.63) is 53.7 Å². The molecule has 1 aromatic heterocycles. The Kier molecular flexibility index (Phi) is 5.15. The summed E-state index contributed by atoms with van der Waals surface area (Å²) in [4.78, 5) is 8.43. The van der Waals surface area contributed by atoms with Gasteiger partial charge in [-0.25, -0.2) is 9.98 Å². The second-order valence-corrected chi connectivity index (χ2v) is 4.55. The number of anilines is 1. The number of pyridine rings is 1. The predicted molar refractivity (Wildman–Crippen MR) is 85.6 cm³/mol. The van der Waals surface area contributed by atoms with E-state index in [1.165, 1.54) is 5.56 Å². The van der Waals surface area contributed by atoms with Crippen molar-refractivity contribution in [2.75, 3.05) is 12.4 Å². The number of rotatable bonds is 5. The van der Waals surface area contributed by atoms with Crippen molar-refractivity contribution < 1.29 is 4.74 Å². The molecule has 0 radical (unpaired) electrons. The van der Waals surface area contributed by atoms with Crippen LogP contribution in [-0.4, -0.2) is 18.1 Å². The molecule has 0 saturated carbocycles. The van der Waals surface area contributed by atoms with E-state index in [2.05, 4.69) is 34.3 Å². The molecule has 0 bridgehead atoms. The molecule has 0 aliphatic carbocycles. The molecule has 2 rings (SSSR count). The third-order valence-electron chi connectivity index (χ3n) is 3.10. The summed E-state index contributed by atoms with van der Waals surface area (Å²) in [6.07, 6.45) is 2.70. The fourth-order valence-electron chi connectivity index (χ4n) is 1.91. The first-order chi connectivity index (χ1) is 10.2. The lowest BCUT2D eigenvalue weighted by atomic mass is 10.1. The van der Waals surface area contributed by atoms with Gasteiger partial charge in [0.15, 0.2) is 5.96 Å². The molecule has 5 heteroatoms. The highest BCUT2D eigenvalue weighted by atomic mass is 16.5.